The van der Waals surface area contributed by atoms with Crippen molar-refractivity contribution >= 4 is 22.8 Å². The van der Waals surface area contributed by atoms with E-state index in [-0.39, 0.29) is 17.7 Å². The maximum Gasteiger partial charge on any atom is 0.289 e. The SMILES string of the molecule is O=C(N[C@H](c1ccccc1)c1cc2ccccc2o1)[C@H]1CCCN(C(=O)c2ccco2)C1. The molecule has 2 aromatic carbocycles. The van der Waals surface area contributed by atoms with Crippen LogP contribution >= 0.6 is 0 Å². The minimum absolute atomic E-state index is 0.0868. The Hall–Kier alpha value is -3.80. The van der Waals surface area contributed by atoms with Crippen molar-refractivity contribution in [1.82, 2.24) is 10.2 Å². The van der Waals surface area contributed by atoms with Crippen molar-refractivity contribution in [1.29, 1.82) is 0 Å². The molecule has 1 aliphatic rings. The Kier molecular flexibility index (Phi) is 5.50. The Morgan fingerprint density at radius 2 is 1.81 bits per heavy atom. The summed E-state index contributed by atoms with van der Waals surface area (Å²) in [6.07, 6.45) is 2.99. The van der Waals surface area contributed by atoms with Crippen molar-refractivity contribution in [3.8, 4) is 0 Å². The van der Waals surface area contributed by atoms with Gasteiger partial charge in [0.05, 0.1) is 12.2 Å². The lowest BCUT2D eigenvalue weighted by molar-refractivity contribution is -0.127. The highest BCUT2D eigenvalue weighted by Gasteiger charge is 2.32. The number of amides is 2. The van der Waals surface area contributed by atoms with Crippen LogP contribution in [0.5, 0.6) is 0 Å². The number of benzene rings is 2. The van der Waals surface area contributed by atoms with Crippen LogP contribution in [0.1, 0.15) is 40.8 Å². The summed E-state index contributed by atoms with van der Waals surface area (Å²) in [7, 11) is 0. The van der Waals surface area contributed by atoms with Gasteiger partial charge in [0.2, 0.25) is 5.91 Å². The molecule has 3 heterocycles. The molecule has 32 heavy (non-hydrogen) atoms. The van der Waals surface area contributed by atoms with Crippen LogP contribution in [0.15, 0.2) is 87.9 Å². The third-order valence-electron chi connectivity index (χ3n) is 5.96. The van der Waals surface area contributed by atoms with E-state index in [1.165, 1.54) is 6.26 Å². The molecule has 1 saturated heterocycles. The van der Waals surface area contributed by atoms with Gasteiger partial charge >= 0.3 is 0 Å². The number of nitrogens with zero attached hydrogens (tertiary/aromatic N) is 1. The maximum absolute atomic E-state index is 13.3. The van der Waals surface area contributed by atoms with Gasteiger partial charge in [-0.25, -0.2) is 0 Å². The van der Waals surface area contributed by atoms with Gasteiger partial charge in [0, 0.05) is 18.5 Å². The van der Waals surface area contributed by atoms with Crippen molar-refractivity contribution in [3.63, 3.8) is 0 Å². The Morgan fingerprint density at radius 1 is 1.00 bits per heavy atom. The van der Waals surface area contributed by atoms with E-state index in [2.05, 4.69) is 5.32 Å². The molecular formula is C26H24N2O4. The quantitative estimate of drug-likeness (QED) is 0.496. The number of fused-ring (bicyclic) bond motifs is 1. The van der Waals surface area contributed by atoms with Gasteiger partial charge in [0.25, 0.3) is 5.91 Å². The van der Waals surface area contributed by atoms with Crippen LogP contribution in [0.25, 0.3) is 11.0 Å². The molecule has 0 radical (unpaired) electrons. The van der Waals surface area contributed by atoms with E-state index >= 15 is 0 Å². The monoisotopic (exact) mass is 428 g/mol. The number of likely N-dealkylation sites (tertiary alicyclic amines) is 1. The van der Waals surface area contributed by atoms with Crippen LogP contribution in [-0.2, 0) is 4.79 Å². The molecule has 0 saturated carbocycles. The first kappa shape index (κ1) is 20.1. The summed E-state index contributed by atoms with van der Waals surface area (Å²) in [5.74, 6) is 0.430. The number of para-hydroxylation sites is 1. The zero-order valence-electron chi connectivity index (χ0n) is 17.6. The summed E-state index contributed by atoms with van der Waals surface area (Å²) >= 11 is 0. The van der Waals surface area contributed by atoms with Gasteiger partial charge in [-0.1, -0.05) is 48.5 Å². The molecule has 2 aromatic heterocycles. The standard InChI is InChI=1S/C26H24N2O4/c29-25(20-11-6-14-28(17-20)26(30)22-13-7-15-31-22)27-24(18-8-2-1-3-9-18)23-16-19-10-4-5-12-21(19)32-23/h1-5,7-10,12-13,15-16,20,24H,6,11,14,17H2,(H,27,29)/t20-,24+/m0/s1. The molecule has 4 aromatic rings. The molecule has 6 heteroatoms. The number of hydrogen-bond acceptors (Lipinski definition) is 4. The van der Waals surface area contributed by atoms with Crippen LogP contribution in [0.3, 0.4) is 0 Å². The molecule has 2 atom stereocenters. The Bertz CT molecular complexity index is 1180. The van der Waals surface area contributed by atoms with Crippen molar-refractivity contribution in [3.05, 3.63) is 96.1 Å². The zero-order chi connectivity index (χ0) is 21.9. The van der Waals surface area contributed by atoms with E-state index in [4.69, 9.17) is 8.83 Å². The summed E-state index contributed by atoms with van der Waals surface area (Å²) in [6.45, 7) is 0.988. The van der Waals surface area contributed by atoms with Gasteiger partial charge < -0.3 is 19.1 Å². The smallest absolute Gasteiger partial charge is 0.289 e. The average molecular weight is 428 g/mol. The third-order valence-corrected chi connectivity index (χ3v) is 5.96. The highest BCUT2D eigenvalue weighted by Crippen LogP contribution is 2.29. The van der Waals surface area contributed by atoms with E-state index in [1.54, 1.807) is 17.0 Å². The first-order valence-corrected chi connectivity index (χ1v) is 10.9. The minimum Gasteiger partial charge on any atom is -0.459 e. The topological polar surface area (TPSA) is 75.7 Å². The summed E-state index contributed by atoms with van der Waals surface area (Å²) in [5, 5.41) is 4.17. The lowest BCUT2D eigenvalue weighted by atomic mass is 9.95. The molecule has 0 spiro atoms. The summed E-state index contributed by atoms with van der Waals surface area (Å²) in [5.41, 5.74) is 1.73. The van der Waals surface area contributed by atoms with E-state index in [9.17, 15) is 9.59 Å². The highest BCUT2D eigenvalue weighted by molar-refractivity contribution is 5.92. The van der Waals surface area contributed by atoms with Crippen molar-refractivity contribution in [2.24, 2.45) is 5.92 Å². The van der Waals surface area contributed by atoms with Crippen molar-refractivity contribution < 1.29 is 18.4 Å². The molecule has 1 aliphatic heterocycles. The lowest BCUT2D eigenvalue weighted by Gasteiger charge is -2.32. The second-order valence-corrected chi connectivity index (χ2v) is 8.11. The van der Waals surface area contributed by atoms with Crippen LogP contribution in [0, 0.1) is 5.92 Å². The molecule has 1 N–H and O–H groups in total. The Morgan fingerprint density at radius 3 is 2.59 bits per heavy atom. The molecule has 0 unspecified atom stereocenters. The fourth-order valence-electron chi connectivity index (χ4n) is 4.30. The van der Waals surface area contributed by atoms with Gasteiger partial charge in [-0.2, -0.15) is 0 Å². The molecule has 162 valence electrons. The highest BCUT2D eigenvalue weighted by atomic mass is 16.3. The van der Waals surface area contributed by atoms with Crippen molar-refractivity contribution in [2.75, 3.05) is 13.1 Å². The molecular weight excluding hydrogens is 404 g/mol. The molecule has 0 bridgehead atoms. The Balaban J connectivity index is 1.37. The number of carbonyl (C=O) groups excluding carboxylic acids is 2. The first-order chi connectivity index (χ1) is 15.7. The minimum atomic E-state index is -0.410. The van der Waals surface area contributed by atoms with Crippen LogP contribution in [0.4, 0.5) is 0 Å². The third kappa shape index (κ3) is 4.04. The fourth-order valence-corrected chi connectivity index (χ4v) is 4.30. The predicted octanol–water partition coefficient (Wildman–Crippen LogP) is 4.78. The molecule has 1 fully saturated rings. The predicted molar refractivity (Wildman–Crippen MR) is 120 cm³/mol. The molecule has 5 rings (SSSR count). The summed E-state index contributed by atoms with van der Waals surface area (Å²) in [4.78, 5) is 27.7. The zero-order valence-corrected chi connectivity index (χ0v) is 17.6. The number of rotatable bonds is 5. The van der Waals surface area contributed by atoms with Crippen LogP contribution in [-0.4, -0.2) is 29.8 Å². The van der Waals surface area contributed by atoms with Crippen molar-refractivity contribution in [2.45, 2.75) is 18.9 Å². The van der Waals surface area contributed by atoms with Gasteiger partial charge in [-0.15, -0.1) is 0 Å². The van der Waals surface area contributed by atoms with Crippen LogP contribution < -0.4 is 5.32 Å². The average Bonchev–Trinajstić information content (AvgIpc) is 3.52. The molecule has 2 amide bonds. The second kappa shape index (κ2) is 8.75. The van der Waals surface area contributed by atoms with E-state index in [0.29, 0.717) is 24.6 Å². The number of furan rings is 2. The van der Waals surface area contributed by atoms with E-state index in [0.717, 1.165) is 29.4 Å². The first-order valence-electron chi connectivity index (χ1n) is 10.9. The van der Waals surface area contributed by atoms with Gasteiger partial charge in [0.15, 0.2) is 5.76 Å². The maximum atomic E-state index is 13.3. The summed E-state index contributed by atoms with van der Waals surface area (Å²) in [6, 6.07) is 22.5. The number of piperidine rings is 1. The molecule has 0 aliphatic carbocycles. The van der Waals surface area contributed by atoms with Gasteiger partial charge in [-0.05, 0) is 42.7 Å². The van der Waals surface area contributed by atoms with E-state index in [1.807, 2.05) is 60.7 Å². The molecule has 6 nitrogen and oxygen atoms in total. The largest absolute Gasteiger partial charge is 0.459 e. The fraction of sp³-hybridized carbons (Fsp3) is 0.231. The second-order valence-electron chi connectivity index (χ2n) is 8.11. The Labute approximate surface area is 185 Å². The van der Waals surface area contributed by atoms with Gasteiger partial charge in [0.1, 0.15) is 17.4 Å². The van der Waals surface area contributed by atoms with E-state index < -0.39 is 6.04 Å². The number of hydrogen-bond donors (Lipinski definition) is 1. The van der Waals surface area contributed by atoms with Gasteiger partial charge in [-0.3, -0.25) is 9.59 Å². The summed E-state index contributed by atoms with van der Waals surface area (Å²) < 4.78 is 11.3. The number of carbonyl (C=O) groups is 2. The lowest BCUT2D eigenvalue weighted by Crippen LogP contribution is -2.46. The normalized spacial score (nSPS) is 17.2. The number of nitrogens with one attached hydrogen (secondary N) is 1. The van der Waals surface area contributed by atoms with Crippen LogP contribution in [0.2, 0.25) is 0 Å².